The van der Waals surface area contributed by atoms with E-state index in [9.17, 15) is 9.18 Å². The van der Waals surface area contributed by atoms with Gasteiger partial charge >= 0.3 is 6.01 Å². The maximum Gasteiger partial charge on any atom is 0.321 e. The Balaban J connectivity index is 1.56. The Bertz CT molecular complexity index is 942. The van der Waals surface area contributed by atoms with Crippen LogP contribution in [-0.4, -0.2) is 15.9 Å². The maximum atomic E-state index is 13.6. The molecule has 0 fully saturated rings. The molecule has 0 unspecified atom stereocenters. The molecular weight excluding hydrogens is 321 g/mol. The molecule has 1 aromatic heterocycles. The third-order valence-electron chi connectivity index (χ3n) is 4.00. The summed E-state index contributed by atoms with van der Waals surface area (Å²) in [6.45, 7) is 0. The van der Waals surface area contributed by atoms with Crippen LogP contribution < -0.4 is 10.1 Å². The van der Waals surface area contributed by atoms with Crippen molar-refractivity contribution in [3.63, 3.8) is 0 Å². The molecule has 4 rings (SSSR count). The normalized spacial score (nSPS) is 13.1. The second kappa shape index (κ2) is 6.32. The second-order valence-electron chi connectivity index (χ2n) is 5.71. The molecule has 0 radical (unpaired) electrons. The van der Waals surface area contributed by atoms with Gasteiger partial charge in [-0.1, -0.05) is 18.2 Å². The van der Waals surface area contributed by atoms with Crippen molar-refractivity contribution in [3.05, 3.63) is 66.2 Å². The van der Waals surface area contributed by atoms with E-state index in [4.69, 9.17) is 4.74 Å². The van der Waals surface area contributed by atoms with E-state index in [2.05, 4.69) is 15.3 Å². The van der Waals surface area contributed by atoms with Crippen LogP contribution in [0.4, 0.5) is 10.1 Å². The first-order chi connectivity index (χ1) is 12.2. The fourth-order valence-corrected chi connectivity index (χ4v) is 2.71. The summed E-state index contributed by atoms with van der Waals surface area (Å²) in [6, 6.07) is 12.0. The zero-order valence-electron chi connectivity index (χ0n) is 13.2. The highest BCUT2D eigenvalue weighted by molar-refractivity contribution is 5.94. The number of hydrogen-bond acceptors (Lipinski definition) is 4. The summed E-state index contributed by atoms with van der Waals surface area (Å²) < 4.78 is 19.0. The summed E-state index contributed by atoms with van der Waals surface area (Å²) in [5.41, 5.74) is 3.71. The molecule has 1 amide bonds. The van der Waals surface area contributed by atoms with Crippen LogP contribution in [0.3, 0.4) is 0 Å². The summed E-state index contributed by atoms with van der Waals surface area (Å²) in [5, 5.41) is 2.85. The predicted octanol–water partition coefficient (Wildman–Crippen LogP) is 3.96. The number of para-hydroxylation sites is 1. The Hall–Kier alpha value is -3.28. The third kappa shape index (κ3) is 3.19. The number of halogens is 1. The standard InChI is InChI=1S/C19H14FN3O2/c20-15-3-1-2-4-17(15)25-19-21-10-14(11-22-19)12-5-7-16-13(9-12)6-8-18(24)23-16/h1-5,7,9-11H,6,8H2,(H,23,24). The third-order valence-corrected chi connectivity index (χ3v) is 4.00. The average molecular weight is 335 g/mol. The number of fused-ring (bicyclic) bond motifs is 1. The van der Waals surface area contributed by atoms with Crippen LogP contribution in [0.1, 0.15) is 12.0 Å². The van der Waals surface area contributed by atoms with Gasteiger partial charge in [0.15, 0.2) is 11.6 Å². The van der Waals surface area contributed by atoms with Gasteiger partial charge in [-0.25, -0.2) is 14.4 Å². The summed E-state index contributed by atoms with van der Waals surface area (Å²) in [7, 11) is 0. The van der Waals surface area contributed by atoms with Gasteiger partial charge in [-0.2, -0.15) is 0 Å². The Labute approximate surface area is 143 Å². The molecule has 0 bridgehead atoms. The predicted molar refractivity (Wildman–Crippen MR) is 90.9 cm³/mol. The molecule has 0 saturated carbocycles. The van der Waals surface area contributed by atoms with Crippen molar-refractivity contribution in [2.45, 2.75) is 12.8 Å². The Morgan fingerprint density at radius 1 is 1.00 bits per heavy atom. The summed E-state index contributed by atoms with van der Waals surface area (Å²) in [5.74, 6) is -0.343. The number of benzene rings is 2. The van der Waals surface area contributed by atoms with Gasteiger partial charge in [-0.3, -0.25) is 4.79 Å². The SMILES string of the molecule is O=C1CCc2cc(-c3cnc(Oc4ccccc4F)nc3)ccc2N1. The number of nitrogens with zero attached hydrogens (tertiary/aromatic N) is 2. The Morgan fingerprint density at radius 2 is 1.80 bits per heavy atom. The van der Waals surface area contributed by atoms with E-state index >= 15 is 0 Å². The first kappa shape index (κ1) is 15.3. The molecule has 1 aliphatic rings. The Morgan fingerprint density at radius 3 is 2.60 bits per heavy atom. The van der Waals surface area contributed by atoms with Gasteiger partial charge in [0, 0.05) is 30.1 Å². The van der Waals surface area contributed by atoms with Crippen LogP contribution in [0, 0.1) is 5.82 Å². The summed E-state index contributed by atoms with van der Waals surface area (Å²) in [6.07, 6.45) is 4.46. The maximum absolute atomic E-state index is 13.6. The van der Waals surface area contributed by atoms with E-state index in [1.165, 1.54) is 12.1 Å². The highest BCUT2D eigenvalue weighted by Gasteiger charge is 2.15. The average Bonchev–Trinajstić information content (AvgIpc) is 2.64. The number of nitrogens with one attached hydrogen (secondary N) is 1. The topological polar surface area (TPSA) is 64.1 Å². The van der Waals surface area contributed by atoms with Crippen LogP contribution >= 0.6 is 0 Å². The Kier molecular flexibility index (Phi) is 3.85. The minimum absolute atomic E-state index is 0.0400. The van der Waals surface area contributed by atoms with Gasteiger partial charge in [-0.15, -0.1) is 0 Å². The molecule has 2 aromatic carbocycles. The largest absolute Gasteiger partial charge is 0.421 e. The van der Waals surface area contributed by atoms with E-state index in [-0.39, 0.29) is 17.7 Å². The van der Waals surface area contributed by atoms with Crippen LogP contribution in [0.2, 0.25) is 0 Å². The molecular formula is C19H14FN3O2. The van der Waals surface area contributed by atoms with E-state index in [0.29, 0.717) is 12.8 Å². The van der Waals surface area contributed by atoms with Gasteiger partial charge in [0.25, 0.3) is 0 Å². The first-order valence-electron chi connectivity index (χ1n) is 7.86. The number of aromatic nitrogens is 2. The molecule has 2 heterocycles. The fourth-order valence-electron chi connectivity index (χ4n) is 2.71. The molecule has 1 aliphatic heterocycles. The van der Waals surface area contributed by atoms with E-state index in [1.807, 2.05) is 18.2 Å². The zero-order valence-corrected chi connectivity index (χ0v) is 13.2. The minimum Gasteiger partial charge on any atom is -0.421 e. The molecule has 0 atom stereocenters. The van der Waals surface area contributed by atoms with Crippen molar-refractivity contribution >= 4 is 11.6 Å². The number of rotatable bonds is 3. The lowest BCUT2D eigenvalue weighted by molar-refractivity contribution is -0.116. The van der Waals surface area contributed by atoms with Crippen molar-refractivity contribution in [1.29, 1.82) is 0 Å². The monoisotopic (exact) mass is 335 g/mol. The number of carbonyl (C=O) groups excluding carboxylic acids is 1. The number of carbonyl (C=O) groups is 1. The smallest absolute Gasteiger partial charge is 0.321 e. The van der Waals surface area contributed by atoms with Gasteiger partial charge < -0.3 is 10.1 Å². The molecule has 5 nitrogen and oxygen atoms in total. The number of amides is 1. The zero-order chi connectivity index (χ0) is 17.2. The number of aryl methyl sites for hydroxylation is 1. The van der Waals surface area contributed by atoms with Gasteiger partial charge in [-0.05, 0) is 41.8 Å². The van der Waals surface area contributed by atoms with Crippen molar-refractivity contribution in [1.82, 2.24) is 9.97 Å². The molecule has 6 heteroatoms. The van der Waals surface area contributed by atoms with Crippen molar-refractivity contribution < 1.29 is 13.9 Å². The molecule has 1 N–H and O–H groups in total. The van der Waals surface area contributed by atoms with Crippen LogP contribution in [0.5, 0.6) is 11.8 Å². The van der Waals surface area contributed by atoms with E-state index in [1.54, 1.807) is 24.5 Å². The van der Waals surface area contributed by atoms with Crippen LogP contribution in [0.25, 0.3) is 11.1 Å². The van der Waals surface area contributed by atoms with Gasteiger partial charge in [0.05, 0.1) is 0 Å². The second-order valence-corrected chi connectivity index (χ2v) is 5.71. The fraction of sp³-hybridized carbons (Fsp3) is 0.105. The summed E-state index contributed by atoms with van der Waals surface area (Å²) >= 11 is 0. The molecule has 124 valence electrons. The van der Waals surface area contributed by atoms with Crippen LogP contribution in [0.15, 0.2) is 54.9 Å². The highest BCUT2D eigenvalue weighted by Crippen LogP contribution is 2.29. The molecule has 0 saturated heterocycles. The lowest BCUT2D eigenvalue weighted by atomic mass is 9.98. The molecule has 3 aromatic rings. The molecule has 0 spiro atoms. The van der Waals surface area contributed by atoms with Gasteiger partial charge in [0.1, 0.15) is 0 Å². The first-order valence-corrected chi connectivity index (χ1v) is 7.86. The number of ether oxygens (including phenoxy) is 1. The molecule has 0 aliphatic carbocycles. The van der Waals surface area contributed by atoms with Gasteiger partial charge in [0.2, 0.25) is 5.91 Å². The minimum atomic E-state index is -0.466. The van der Waals surface area contributed by atoms with E-state index < -0.39 is 5.82 Å². The lowest BCUT2D eigenvalue weighted by Crippen LogP contribution is -2.18. The summed E-state index contributed by atoms with van der Waals surface area (Å²) in [4.78, 5) is 19.7. The highest BCUT2D eigenvalue weighted by atomic mass is 19.1. The molecule has 25 heavy (non-hydrogen) atoms. The van der Waals surface area contributed by atoms with Crippen molar-refractivity contribution in [2.75, 3.05) is 5.32 Å². The van der Waals surface area contributed by atoms with Crippen LogP contribution in [-0.2, 0) is 11.2 Å². The quantitative estimate of drug-likeness (QED) is 0.787. The number of hydrogen-bond donors (Lipinski definition) is 1. The lowest BCUT2D eigenvalue weighted by Gasteiger charge is -2.17. The van der Waals surface area contributed by atoms with Crippen molar-refractivity contribution in [2.24, 2.45) is 0 Å². The van der Waals surface area contributed by atoms with Crippen molar-refractivity contribution in [3.8, 4) is 22.9 Å². The van der Waals surface area contributed by atoms with E-state index in [0.717, 1.165) is 22.4 Å². The number of anilines is 1.